The molecule has 1 atom stereocenters. The highest BCUT2D eigenvalue weighted by Gasteiger charge is 2.10. The van der Waals surface area contributed by atoms with Crippen LogP contribution in [0.25, 0.3) is 0 Å². The number of ether oxygens (including phenoxy) is 1. The Morgan fingerprint density at radius 2 is 2.24 bits per heavy atom. The van der Waals surface area contributed by atoms with Crippen LogP contribution in [0, 0.1) is 6.92 Å². The minimum absolute atomic E-state index is 0.318. The molecule has 17 heavy (non-hydrogen) atoms. The predicted molar refractivity (Wildman–Crippen MR) is 73.6 cm³/mol. The van der Waals surface area contributed by atoms with E-state index >= 15 is 0 Å². The van der Waals surface area contributed by atoms with Crippen LogP contribution in [0.15, 0.2) is 30.9 Å². The van der Waals surface area contributed by atoms with Gasteiger partial charge in [0.15, 0.2) is 0 Å². The molecule has 0 saturated carbocycles. The van der Waals surface area contributed by atoms with Crippen molar-refractivity contribution in [2.45, 2.75) is 33.2 Å². The third-order valence-corrected chi connectivity index (χ3v) is 2.72. The number of rotatable bonds is 7. The summed E-state index contributed by atoms with van der Waals surface area (Å²) in [4.78, 5) is 0. The first kappa shape index (κ1) is 13.8. The molecule has 0 aliphatic rings. The lowest BCUT2D eigenvalue weighted by molar-refractivity contribution is 0.318. The van der Waals surface area contributed by atoms with E-state index in [0.29, 0.717) is 12.6 Å². The summed E-state index contributed by atoms with van der Waals surface area (Å²) in [6.45, 7) is 11.7. The van der Waals surface area contributed by atoms with Gasteiger partial charge in [-0.05, 0) is 32.9 Å². The van der Waals surface area contributed by atoms with E-state index in [-0.39, 0.29) is 0 Å². The molecular formula is C15H23NO. The normalized spacial score (nSPS) is 12.2. The minimum Gasteiger partial charge on any atom is -0.493 e. The first-order chi connectivity index (χ1) is 8.19. The van der Waals surface area contributed by atoms with Gasteiger partial charge in [0.1, 0.15) is 5.75 Å². The van der Waals surface area contributed by atoms with Gasteiger partial charge in [0.25, 0.3) is 0 Å². The standard InChI is InChI=1S/C15H23NO/c1-5-7-10-17-15-9-8-12(3)11-14(15)13(4)16-6-2/h5,8-9,11,13,16H,1,6-7,10H2,2-4H3. The van der Waals surface area contributed by atoms with Crippen molar-refractivity contribution in [2.75, 3.05) is 13.2 Å². The molecule has 1 unspecified atom stereocenters. The molecule has 0 fully saturated rings. The lowest BCUT2D eigenvalue weighted by atomic mass is 10.0. The van der Waals surface area contributed by atoms with E-state index < -0.39 is 0 Å². The van der Waals surface area contributed by atoms with Crippen molar-refractivity contribution in [2.24, 2.45) is 0 Å². The van der Waals surface area contributed by atoms with Crippen LogP contribution in [0.5, 0.6) is 5.75 Å². The van der Waals surface area contributed by atoms with E-state index in [2.05, 4.69) is 50.9 Å². The summed E-state index contributed by atoms with van der Waals surface area (Å²) in [5.74, 6) is 0.978. The molecule has 1 N–H and O–H groups in total. The number of aryl methyl sites for hydroxylation is 1. The van der Waals surface area contributed by atoms with Crippen LogP contribution in [0.2, 0.25) is 0 Å². The van der Waals surface area contributed by atoms with Crippen molar-refractivity contribution in [3.8, 4) is 5.75 Å². The maximum absolute atomic E-state index is 5.79. The first-order valence-corrected chi connectivity index (χ1v) is 6.26. The molecule has 0 saturated heterocycles. The maximum atomic E-state index is 5.79. The van der Waals surface area contributed by atoms with E-state index in [4.69, 9.17) is 4.74 Å². The smallest absolute Gasteiger partial charge is 0.124 e. The molecule has 0 heterocycles. The van der Waals surface area contributed by atoms with Crippen LogP contribution in [0.3, 0.4) is 0 Å². The third kappa shape index (κ3) is 4.23. The predicted octanol–water partition coefficient (Wildman–Crippen LogP) is 3.62. The summed E-state index contributed by atoms with van der Waals surface area (Å²) >= 11 is 0. The van der Waals surface area contributed by atoms with Crippen molar-refractivity contribution < 1.29 is 4.74 Å². The van der Waals surface area contributed by atoms with Gasteiger partial charge in [-0.15, -0.1) is 6.58 Å². The molecule has 1 aromatic rings. The van der Waals surface area contributed by atoms with E-state index in [9.17, 15) is 0 Å². The SMILES string of the molecule is C=CCCOc1ccc(C)cc1C(C)NCC. The number of nitrogens with one attached hydrogen (secondary N) is 1. The lowest BCUT2D eigenvalue weighted by Crippen LogP contribution is -2.18. The highest BCUT2D eigenvalue weighted by atomic mass is 16.5. The second kappa shape index (κ2) is 7.13. The lowest BCUT2D eigenvalue weighted by Gasteiger charge is -2.18. The highest BCUT2D eigenvalue weighted by Crippen LogP contribution is 2.26. The van der Waals surface area contributed by atoms with Crippen LogP contribution >= 0.6 is 0 Å². The summed E-state index contributed by atoms with van der Waals surface area (Å²) in [5.41, 5.74) is 2.50. The molecule has 2 heteroatoms. The zero-order chi connectivity index (χ0) is 12.7. The molecule has 94 valence electrons. The zero-order valence-corrected chi connectivity index (χ0v) is 11.1. The molecule has 0 aromatic heterocycles. The number of benzene rings is 1. The van der Waals surface area contributed by atoms with Gasteiger partial charge in [0, 0.05) is 11.6 Å². The Labute approximate surface area is 105 Å². The molecule has 0 bridgehead atoms. The van der Waals surface area contributed by atoms with Crippen LogP contribution in [-0.4, -0.2) is 13.2 Å². The quantitative estimate of drug-likeness (QED) is 0.573. The Hall–Kier alpha value is -1.28. The summed E-state index contributed by atoms with van der Waals surface area (Å²) < 4.78 is 5.79. The summed E-state index contributed by atoms with van der Waals surface area (Å²) in [6.07, 6.45) is 2.75. The second-order valence-electron chi connectivity index (χ2n) is 4.25. The molecular weight excluding hydrogens is 210 g/mol. The Kier molecular flexibility index (Phi) is 5.78. The van der Waals surface area contributed by atoms with Crippen molar-refractivity contribution in [1.29, 1.82) is 0 Å². The van der Waals surface area contributed by atoms with Crippen molar-refractivity contribution in [3.63, 3.8) is 0 Å². The fourth-order valence-electron chi connectivity index (χ4n) is 1.81. The minimum atomic E-state index is 0.318. The van der Waals surface area contributed by atoms with Gasteiger partial charge in [0.2, 0.25) is 0 Å². The van der Waals surface area contributed by atoms with Crippen molar-refractivity contribution in [3.05, 3.63) is 42.0 Å². The fraction of sp³-hybridized carbons (Fsp3) is 0.467. The Balaban J connectivity index is 2.82. The molecule has 0 aliphatic heterocycles. The topological polar surface area (TPSA) is 21.3 Å². The van der Waals surface area contributed by atoms with Crippen LogP contribution in [-0.2, 0) is 0 Å². The summed E-state index contributed by atoms with van der Waals surface area (Å²) in [6, 6.07) is 6.66. The highest BCUT2D eigenvalue weighted by molar-refractivity contribution is 5.39. The number of hydrogen-bond acceptors (Lipinski definition) is 2. The molecule has 0 amide bonds. The van der Waals surface area contributed by atoms with E-state index in [0.717, 1.165) is 18.7 Å². The van der Waals surface area contributed by atoms with Crippen LogP contribution < -0.4 is 10.1 Å². The molecule has 0 aliphatic carbocycles. The molecule has 0 radical (unpaired) electrons. The largest absolute Gasteiger partial charge is 0.493 e. The van der Waals surface area contributed by atoms with Gasteiger partial charge in [-0.2, -0.15) is 0 Å². The Morgan fingerprint density at radius 1 is 1.47 bits per heavy atom. The van der Waals surface area contributed by atoms with Gasteiger partial charge in [-0.3, -0.25) is 0 Å². The molecule has 0 spiro atoms. The van der Waals surface area contributed by atoms with Crippen molar-refractivity contribution >= 4 is 0 Å². The molecule has 1 aromatic carbocycles. The van der Waals surface area contributed by atoms with E-state index in [1.165, 1.54) is 11.1 Å². The fourth-order valence-corrected chi connectivity index (χ4v) is 1.81. The van der Waals surface area contributed by atoms with Gasteiger partial charge < -0.3 is 10.1 Å². The second-order valence-corrected chi connectivity index (χ2v) is 4.25. The maximum Gasteiger partial charge on any atom is 0.124 e. The first-order valence-electron chi connectivity index (χ1n) is 6.26. The van der Waals surface area contributed by atoms with Crippen LogP contribution in [0.1, 0.15) is 37.4 Å². The van der Waals surface area contributed by atoms with Gasteiger partial charge in [0.05, 0.1) is 6.61 Å². The van der Waals surface area contributed by atoms with E-state index in [1.807, 2.05) is 6.08 Å². The summed E-state index contributed by atoms with van der Waals surface area (Å²) in [5, 5.41) is 3.42. The third-order valence-electron chi connectivity index (χ3n) is 2.72. The average Bonchev–Trinajstić information content (AvgIpc) is 2.31. The summed E-state index contributed by atoms with van der Waals surface area (Å²) in [7, 11) is 0. The van der Waals surface area contributed by atoms with Gasteiger partial charge in [-0.25, -0.2) is 0 Å². The van der Waals surface area contributed by atoms with E-state index in [1.54, 1.807) is 0 Å². The van der Waals surface area contributed by atoms with Crippen LogP contribution in [0.4, 0.5) is 0 Å². The zero-order valence-electron chi connectivity index (χ0n) is 11.1. The monoisotopic (exact) mass is 233 g/mol. The van der Waals surface area contributed by atoms with Gasteiger partial charge >= 0.3 is 0 Å². The van der Waals surface area contributed by atoms with Crippen molar-refractivity contribution in [1.82, 2.24) is 5.32 Å². The number of hydrogen-bond donors (Lipinski definition) is 1. The Bertz CT molecular complexity index is 360. The van der Waals surface area contributed by atoms with Gasteiger partial charge in [-0.1, -0.05) is 30.7 Å². The molecule has 2 nitrogen and oxygen atoms in total. The average molecular weight is 233 g/mol. The molecule has 1 rings (SSSR count). The Morgan fingerprint density at radius 3 is 2.88 bits per heavy atom.